The number of anilines is 2. The van der Waals surface area contributed by atoms with E-state index >= 15 is 0 Å². The highest BCUT2D eigenvalue weighted by Crippen LogP contribution is 2.28. The zero-order valence-electron chi connectivity index (χ0n) is 17.9. The molecule has 0 spiro atoms. The molecule has 0 amide bonds. The number of carbonyl (C=O) groups excluding carboxylic acids is 3. The minimum Gasteiger partial charge on any atom is -0.395 e. The van der Waals surface area contributed by atoms with Gasteiger partial charge in [-0.2, -0.15) is 0 Å². The van der Waals surface area contributed by atoms with E-state index in [2.05, 4.69) is 9.88 Å². The fourth-order valence-corrected chi connectivity index (χ4v) is 3.84. The smallest absolute Gasteiger partial charge is 0.162 e. The molecule has 2 heterocycles. The van der Waals surface area contributed by atoms with Gasteiger partial charge in [0.25, 0.3) is 0 Å². The van der Waals surface area contributed by atoms with Gasteiger partial charge in [0.2, 0.25) is 0 Å². The Bertz CT molecular complexity index is 983. The molecule has 0 atom stereocenters. The molecule has 7 nitrogen and oxygen atoms in total. The van der Waals surface area contributed by atoms with Gasteiger partial charge in [-0.25, -0.2) is 9.37 Å². The predicted molar refractivity (Wildman–Crippen MR) is 117 cm³/mol. The highest BCUT2D eigenvalue weighted by atomic mass is 19.1. The number of nitrogens with zero attached hydrogens (tertiary/aromatic N) is 3. The maximum atomic E-state index is 13.0. The van der Waals surface area contributed by atoms with Gasteiger partial charge in [0.05, 0.1) is 11.3 Å². The fraction of sp³-hybridized carbons (Fsp3) is 0.391. The molecule has 3 rings (SSSR count). The molecule has 0 radical (unpaired) electrons. The van der Waals surface area contributed by atoms with Gasteiger partial charge in [0, 0.05) is 49.9 Å². The number of piperazine rings is 1. The van der Waals surface area contributed by atoms with Gasteiger partial charge in [-0.05, 0) is 51.1 Å². The summed E-state index contributed by atoms with van der Waals surface area (Å²) in [4.78, 5) is 44.7. The molecule has 0 saturated carbocycles. The standard InChI is InChI=1S/C23H27FN4O3/c1-15(29)19-14-26-23(22(25)21(19)16(2)30)28-12-10-27(11-13-28)9-3-4-20(31)17-5-7-18(24)8-6-17/h5-8,14H,3-4,9-13,25H2,1-2H3. The number of nitrogen functional groups attached to an aromatic ring is 1. The summed E-state index contributed by atoms with van der Waals surface area (Å²) in [6, 6.07) is 5.63. The number of hydrogen-bond acceptors (Lipinski definition) is 7. The third kappa shape index (κ3) is 5.32. The second-order valence-electron chi connectivity index (χ2n) is 7.76. The zero-order chi connectivity index (χ0) is 22.5. The molecule has 2 aromatic rings. The molecule has 2 N–H and O–H groups in total. The van der Waals surface area contributed by atoms with Crippen molar-refractivity contribution < 1.29 is 18.8 Å². The monoisotopic (exact) mass is 426 g/mol. The number of rotatable bonds is 8. The average molecular weight is 426 g/mol. The molecular weight excluding hydrogens is 399 g/mol. The molecule has 0 bridgehead atoms. The zero-order valence-corrected chi connectivity index (χ0v) is 17.9. The molecule has 1 saturated heterocycles. The van der Waals surface area contributed by atoms with Crippen molar-refractivity contribution >= 4 is 28.9 Å². The van der Waals surface area contributed by atoms with Crippen LogP contribution in [0.1, 0.15) is 57.8 Å². The normalized spacial score (nSPS) is 14.5. The molecule has 0 unspecified atom stereocenters. The summed E-state index contributed by atoms with van der Waals surface area (Å²) in [5.41, 5.74) is 7.48. The summed E-state index contributed by atoms with van der Waals surface area (Å²) in [5.74, 6) is -0.304. The van der Waals surface area contributed by atoms with Gasteiger partial charge < -0.3 is 10.6 Å². The Kier molecular flexibility index (Phi) is 7.12. The molecule has 164 valence electrons. The minimum absolute atomic E-state index is 0.0120. The number of Topliss-reactive ketones (excluding diaryl/α,β-unsaturated/α-hetero) is 3. The molecule has 1 aliphatic rings. The lowest BCUT2D eigenvalue weighted by molar-refractivity contribution is 0.0972. The van der Waals surface area contributed by atoms with E-state index in [1.54, 1.807) is 0 Å². The lowest BCUT2D eigenvalue weighted by atomic mass is 10.0. The SMILES string of the molecule is CC(=O)c1cnc(N2CCN(CCCC(=O)c3ccc(F)cc3)CC2)c(N)c1C(C)=O. The number of hydrogen-bond donors (Lipinski definition) is 1. The number of halogens is 1. The number of pyridine rings is 1. The van der Waals surface area contributed by atoms with Crippen molar-refractivity contribution in [3.05, 3.63) is 53.0 Å². The summed E-state index contributed by atoms with van der Waals surface area (Å²) < 4.78 is 13.0. The van der Waals surface area contributed by atoms with Crippen LogP contribution in [0.2, 0.25) is 0 Å². The van der Waals surface area contributed by atoms with Crippen molar-refractivity contribution in [3.63, 3.8) is 0 Å². The Morgan fingerprint density at radius 3 is 2.26 bits per heavy atom. The second kappa shape index (κ2) is 9.78. The van der Waals surface area contributed by atoms with Crippen LogP contribution in [-0.4, -0.2) is 60.0 Å². The molecule has 1 aliphatic heterocycles. The third-order valence-electron chi connectivity index (χ3n) is 5.54. The van der Waals surface area contributed by atoms with Crippen molar-refractivity contribution in [3.8, 4) is 0 Å². The molecular formula is C23H27FN4O3. The Morgan fingerprint density at radius 2 is 1.68 bits per heavy atom. The Hall–Kier alpha value is -3.13. The minimum atomic E-state index is -0.351. The van der Waals surface area contributed by atoms with Crippen LogP contribution in [0.15, 0.2) is 30.5 Å². The van der Waals surface area contributed by atoms with Crippen molar-refractivity contribution in [1.29, 1.82) is 0 Å². The van der Waals surface area contributed by atoms with Crippen molar-refractivity contribution in [2.75, 3.05) is 43.4 Å². The number of carbonyl (C=O) groups is 3. The largest absolute Gasteiger partial charge is 0.395 e. The first-order valence-electron chi connectivity index (χ1n) is 10.3. The van der Waals surface area contributed by atoms with Gasteiger partial charge >= 0.3 is 0 Å². The fourth-order valence-electron chi connectivity index (χ4n) is 3.84. The molecule has 0 aliphatic carbocycles. The van der Waals surface area contributed by atoms with E-state index in [1.807, 2.05) is 4.90 Å². The van der Waals surface area contributed by atoms with E-state index in [1.165, 1.54) is 44.3 Å². The molecule has 1 aromatic carbocycles. The summed E-state index contributed by atoms with van der Waals surface area (Å²) in [6.45, 7) is 6.48. The third-order valence-corrected chi connectivity index (χ3v) is 5.54. The number of benzene rings is 1. The highest BCUT2D eigenvalue weighted by molar-refractivity contribution is 6.11. The van der Waals surface area contributed by atoms with E-state index in [0.717, 1.165) is 26.1 Å². The topological polar surface area (TPSA) is 96.6 Å². The maximum absolute atomic E-state index is 13.0. The lowest BCUT2D eigenvalue weighted by Gasteiger charge is -2.36. The summed E-state index contributed by atoms with van der Waals surface area (Å²) >= 11 is 0. The Balaban J connectivity index is 1.54. The van der Waals surface area contributed by atoms with Crippen LogP contribution < -0.4 is 10.6 Å². The van der Waals surface area contributed by atoms with Crippen LogP contribution in [0.4, 0.5) is 15.9 Å². The molecule has 1 aromatic heterocycles. The first-order chi connectivity index (χ1) is 14.8. The van der Waals surface area contributed by atoms with E-state index in [-0.39, 0.29) is 40.0 Å². The number of ketones is 3. The maximum Gasteiger partial charge on any atom is 0.162 e. The van der Waals surface area contributed by atoms with Gasteiger partial charge in [-0.1, -0.05) is 0 Å². The summed E-state index contributed by atoms with van der Waals surface area (Å²) in [5, 5.41) is 0. The Labute approximate surface area is 181 Å². The van der Waals surface area contributed by atoms with Crippen molar-refractivity contribution in [2.24, 2.45) is 0 Å². The molecule has 8 heteroatoms. The van der Waals surface area contributed by atoms with Crippen LogP contribution >= 0.6 is 0 Å². The van der Waals surface area contributed by atoms with Crippen LogP contribution in [0.5, 0.6) is 0 Å². The number of nitrogens with two attached hydrogens (primary N) is 1. The van der Waals surface area contributed by atoms with Crippen LogP contribution in [-0.2, 0) is 0 Å². The quantitative estimate of drug-likeness (QED) is 0.648. The molecule has 31 heavy (non-hydrogen) atoms. The van der Waals surface area contributed by atoms with Crippen molar-refractivity contribution in [1.82, 2.24) is 9.88 Å². The van der Waals surface area contributed by atoms with Crippen LogP contribution in [0.25, 0.3) is 0 Å². The first-order valence-corrected chi connectivity index (χ1v) is 10.3. The molecule has 1 fully saturated rings. The van der Waals surface area contributed by atoms with Gasteiger partial charge in [0.1, 0.15) is 5.82 Å². The van der Waals surface area contributed by atoms with E-state index in [9.17, 15) is 18.8 Å². The number of aromatic nitrogens is 1. The lowest BCUT2D eigenvalue weighted by Crippen LogP contribution is -2.47. The Morgan fingerprint density at radius 1 is 1.03 bits per heavy atom. The first kappa shape index (κ1) is 22.6. The average Bonchev–Trinajstić information content (AvgIpc) is 2.74. The van der Waals surface area contributed by atoms with Crippen molar-refractivity contribution in [2.45, 2.75) is 26.7 Å². The highest BCUT2D eigenvalue weighted by Gasteiger charge is 2.24. The summed E-state index contributed by atoms with van der Waals surface area (Å²) in [7, 11) is 0. The van der Waals surface area contributed by atoms with Gasteiger partial charge in [0.15, 0.2) is 23.2 Å². The van der Waals surface area contributed by atoms with E-state index in [4.69, 9.17) is 5.73 Å². The van der Waals surface area contributed by atoms with Gasteiger partial charge in [-0.3, -0.25) is 19.3 Å². The second-order valence-corrected chi connectivity index (χ2v) is 7.76. The van der Waals surface area contributed by atoms with Crippen LogP contribution in [0.3, 0.4) is 0 Å². The van der Waals surface area contributed by atoms with E-state index in [0.29, 0.717) is 30.9 Å². The predicted octanol–water partition coefficient (Wildman–Crippen LogP) is 2.99. The van der Waals surface area contributed by atoms with Crippen LogP contribution in [0, 0.1) is 5.82 Å². The summed E-state index contributed by atoms with van der Waals surface area (Å²) in [6.07, 6.45) is 2.56. The van der Waals surface area contributed by atoms with Gasteiger partial charge in [-0.15, -0.1) is 0 Å². The van der Waals surface area contributed by atoms with E-state index < -0.39 is 0 Å².